The topological polar surface area (TPSA) is 51.7 Å². The molecule has 5 nitrogen and oxygen atoms in total. The van der Waals surface area contributed by atoms with Gasteiger partial charge in [-0.15, -0.1) is 0 Å². The molecule has 0 saturated carbocycles. The molecule has 2 fully saturated rings. The zero-order valence-corrected chi connectivity index (χ0v) is 13.5. The van der Waals surface area contributed by atoms with E-state index in [0.29, 0.717) is 13.2 Å². The number of amides is 1. The van der Waals surface area contributed by atoms with Crippen molar-refractivity contribution in [2.24, 2.45) is 0 Å². The summed E-state index contributed by atoms with van der Waals surface area (Å²) in [6.07, 6.45) is 1.86. The average molecular weight is 304 g/mol. The fourth-order valence-corrected chi connectivity index (χ4v) is 3.65. The Kier molecular flexibility index (Phi) is 4.45. The highest BCUT2D eigenvalue weighted by molar-refractivity contribution is 5.94. The van der Waals surface area contributed by atoms with Crippen LogP contribution in [0, 0.1) is 13.8 Å². The normalized spacial score (nSPS) is 27.8. The molecule has 3 atom stereocenters. The number of likely N-dealkylation sites (tertiary alicyclic amines) is 1. The van der Waals surface area contributed by atoms with Crippen LogP contribution in [-0.2, 0) is 9.47 Å². The lowest BCUT2D eigenvalue weighted by Crippen LogP contribution is -2.55. The Labute approximate surface area is 131 Å². The number of nitrogens with zero attached hydrogens (tertiary/aromatic N) is 2. The van der Waals surface area contributed by atoms with Gasteiger partial charge in [0.1, 0.15) is 6.10 Å². The van der Waals surface area contributed by atoms with E-state index in [1.165, 1.54) is 0 Å². The molecule has 0 radical (unpaired) electrons. The molecule has 0 aliphatic carbocycles. The van der Waals surface area contributed by atoms with Gasteiger partial charge >= 0.3 is 0 Å². The maximum atomic E-state index is 12.9. The predicted molar refractivity (Wildman–Crippen MR) is 82.9 cm³/mol. The van der Waals surface area contributed by atoms with Crippen molar-refractivity contribution in [1.29, 1.82) is 0 Å². The van der Waals surface area contributed by atoms with Crippen molar-refractivity contribution in [3.63, 3.8) is 0 Å². The molecule has 5 heteroatoms. The number of carbonyl (C=O) groups is 1. The molecule has 22 heavy (non-hydrogen) atoms. The lowest BCUT2D eigenvalue weighted by molar-refractivity contribution is -0.0883. The number of piperidine rings is 1. The van der Waals surface area contributed by atoms with Crippen LogP contribution in [0.4, 0.5) is 0 Å². The smallest absolute Gasteiger partial charge is 0.254 e. The zero-order chi connectivity index (χ0) is 15.7. The molecule has 0 bridgehead atoms. The van der Waals surface area contributed by atoms with Gasteiger partial charge in [0.25, 0.3) is 5.91 Å². The summed E-state index contributed by atoms with van der Waals surface area (Å²) >= 11 is 0. The molecule has 0 spiro atoms. The van der Waals surface area contributed by atoms with Crippen LogP contribution < -0.4 is 0 Å². The lowest BCUT2D eigenvalue weighted by Gasteiger charge is -2.41. The van der Waals surface area contributed by atoms with Gasteiger partial charge in [0.15, 0.2) is 0 Å². The number of hydrogen-bond acceptors (Lipinski definition) is 4. The minimum Gasteiger partial charge on any atom is -0.376 e. The van der Waals surface area contributed by atoms with Crippen molar-refractivity contribution in [1.82, 2.24) is 9.88 Å². The molecule has 0 unspecified atom stereocenters. The summed E-state index contributed by atoms with van der Waals surface area (Å²) < 4.78 is 11.7. The van der Waals surface area contributed by atoms with Crippen molar-refractivity contribution in [2.75, 3.05) is 19.8 Å². The largest absolute Gasteiger partial charge is 0.376 e. The van der Waals surface area contributed by atoms with Crippen LogP contribution in [0.3, 0.4) is 0 Å². The van der Waals surface area contributed by atoms with Crippen LogP contribution in [0.5, 0.6) is 0 Å². The highest BCUT2D eigenvalue weighted by atomic mass is 16.5. The Morgan fingerprint density at radius 1 is 1.36 bits per heavy atom. The monoisotopic (exact) mass is 304 g/mol. The first-order chi connectivity index (χ1) is 10.6. The Balaban J connectivity index is 1.81. The van der Waals surface area contributed by atoms with Gasteiger partial charge in [0.05, 0.1) is 12.1 Å². The van der Waals surface area contributed by atoms with Crippen LogP contribution in [0.25, 0.3) is 0 Å². The van der Waals surface area contributed by atoms with Gasteiger partial charge in [-0.25, -0.2) is 0 Å². The standard InChI is InChI=1S/C17H24N2O3/c1-4-21-15-5-7-19(14-6-8-22-16(14)15)17(20)13-9-11(2)18-12(3)10-13/h9-10,14-16H,4-8H2,1-3H3/t14-,15+,16-/m0/s1. The lowest BCUT2D eigenvalue weighted by atomic mass is 9.94. The van der Waals surface area contributed by atoms with E-state index in [2.05, 4.69) is 4.98 Å². The SMILES string of the molecule is CCO[C@@H]1CCN(C(=O)c2cc(C)nc(C)c2)[C@H]2CCO[C@H]12. The van der Waals surface area contributed by atoms with E-state index in [0.717, 1.165) is 36.3 Å². The van der Waals surface area contributed by atoms with Gasteiger partial charge in [0, 0.05) is 36.7 Å². The molecule has 0 aromatic carbocycles. The van der Waals surface area contributed by atoms with Gasteiger partial charge in [-0.3, -0.25) is 9.78 Å². The summed E-state index contributed by atoms with van der Waals surface area (Å²) in [6.45, 7) is 7.97. The van der Waals surface area contributed by atoms with E-state index in [9.17, 15) is 4.79 Å². The summed E-state index contributed by atoms with van der Waals surface area (Å²) in [5.41, 5.74) is 2.49. The van der Waals surface area contributed by atoms with Crippen LogP contribution in [0.1, 0.15) is 41.5 Å². The van der Waals surface area contributed by atoms with Crippen molar-refractivity contribution >= 4 is 5.91 Å². The van der Waals surface area contributed by atoms with Gasteiger partial charge in [-0.1, -0.05) is 0 Å². The van der Waals surface area contributed by atoms with Gasteiger partial charge in [-0.2, -0.15) is 0 Å². The molecule has 2 saturated heterocycles. The number of aromatic nitrogens is 1. The van der Waals surface area contributed by atoms with Gasteiger partial charge in [0.2, 0.25) is 0 Å². The molecule has 1 amide bonds. The van der Waals surface area contributed by atoms with Gasteiger partial charge in [-0.05, 0) is 45.7 Å². The van der Waals surface area contributed by atoms with E-state index in [1.807, 2.05) is 37.8 Å². The number of ether oxygens (including phenoxy) is 2. The second-order valence-electron chi connectivity index (χ2n) is 6.11. The highest BCUT2D eigenvalue weighted by Crippen LogP contribution is 2.31. The Hall–Kier alpha value is -1.46. The maximum Gasteiger partial charge on any atom is 0.254 e. The molecule has 2 aliphatic heterocycles. The molecule has 1 aromatic rings. The summed E-state index contributed by atoms with van der Waals surface area (Å²) in [6, 6.07) is 3.87. The van der Waals surface area contributed by atoms with Crippen LogP contribution in [0.2, 0.25) is 0 Å². The summed E-state index contributed by atoms with van der Waals surface area (Å²) in [5, 5.41) is 0. The highest BCUT2D eigenvalue weighted by Gasteiger charge is 2.44. The third kappa shape index (κ3) is 2.88. The van der Waals surface area contributed by atoms with E-state index in [-0.39, 0.29) is 24.2 Å². The quantitative estimate of drug-likeness (QED) is 0.858. The molecule has 2 aliphatic rings. The van der Waals surface area contributed by atoms with Crippen molar-refractivity contribution in [3.05, 3.63) is 29.1 Å². The van der Waals surface area contributed by atoms with E-state index in [4.69, 9.17) is 9.47 Å². The minimum absolute atomic E-state index is 0.0154. The molecular weight excluding hydrogens is 280 g/mol. The summed E-state index contributed by atoms with van der Waals surface area (Å²) in [7, 11) is 0. The second-order valence-corrected chi connectivity index (χ2v) is 6.11. The third-order valence-corrected chi connectivity index (χ3v) is 4.49. The fourth-order valence-electron chi connectivity index (χ4n) is 3.65. The molecule has 120 valence electrons. The second kappa shape index (κ2) is 6.34. The van der Waals surface area contributed by atoms with Crippen LogP contribution in [-0.4, -0.2) is 53.8 Å². The number of hydrogen-bond donors (Lipinski definition) is 0. The number of rotatable bonds is 3. The Morgan fingerprint density at radius 3 is 2.77 bits per heavy atom. The molecule has 3 rings (SSSR count). The molecule has 0 N–H and O–H groups in total. The van der Waals surface area contributed by atoms with Crippen molar-refractivity contribution in [3.8, 4) is 0 Å². The van der Waals surface area contributed by atoms with Crippen LogP contribution >= 0.6 is 0 Å². The van der Waals surface area contributed by atoms with Crippen LogP contribution in [0.15, 0.2) is 12.1 Å². The van der Waals surface area contributed by atoms with E-state index in [1.54, 1.807) is 0 Å². The Morgan fingerprint density at radius 2 is 2.09 bits per heavy atom. The van der Waals surface area contributed by atoms with Gasteiger partial charge < -0.3 is 14.4 Å². The number of aryl methyl sites for hydroxylation is 2. The Bertz CT molecular complexity index is 541. The first-order valence-electron chi connectivity index (χ1n) is 8.09. The van der Waals surface area contributed by atoms with Crippen molar-refractivity contribution < 1.29 is 14.3 Å². The number of pyridine rings is 1. The zero-order valence-electron chi connectivity index (χ0n) is 13.5. The average Bonchev–Trinajstić information content (AvgIpc) is 2.96. The first kappa shape index (κ1) is 15.4. The number of fused-ring (bicyclic) bond motifs is 1. The molecule has 3 heterocycles. The summed E-state index contributed by atoms with van der Waals surface area (Å²) in [5.74, 6) is 0.0871. The first-order valence-corrected chi connectivity index (χ1v) is 8.09. The molecular formula is C17H24N2O3. The summed E-state index contributed by atoms with van der Waals surface area (Å²) in [4.78, 5) is 19.2. The maximum absolute atomic E-state index is 12.9. The minimum atomic E-state index is 0.0154. The van der Waals surface area contributed by atoms with E-state index >= 15 is 0 Å². The third-order valence-electron chi connectivity index (χ3n) is 4.49. The predicted octanol–water partition coefficient (Wildman–Crippen LogP) is 2.11. The number of carbonyl (C=O) groups excluding carboxylic acids is 1. The fraction of sp³-hybridized carbons (Fsp3) is 0.647. The van der Waals surface area contributed by atoms with Crippen molar-refractivity contribution in [2.45, 2.75) is 51.9 Å². The molecule has 1 aromatic heterocycles. The van der Waals surface area contributed by atoms with E-state index < -0.39 is 0 Å².